The van der Waals surface area contributed by atoms with Gasteiger partial charge in [0, 0.05) is 23.9 Å². The molecule has 0 radical (unpaired) electrons. The van der Waals surface area contributed by atoms with Crippen LogP contribution in [0.5, 0.6) is 5.75 Å². The van der Waals surface area contributed by atoms with Crippen LogP contribution < -0.4 is 4.74 Å². The highest BCUT2D eigenvalue weighted by atomic mass is 35.5. The van der Waals surface area contributed by atoms with E-state index in [2.05, 4.69) is 22.7 Å². The number of rotatable bonds is 5. The van der Waals surface area contributed by atoms with E-state index in [1.807, 2.05) is 6.92 Å². The topological polar surface area (TPSA) is 27.1 Å². The van der Waals surface area contributed by atoms with Gasteiger partial charge in [0.05, 0.1) is 23.5 Å². The van der Waals surface area contributed by atoms with Gasteiger partial charge in [0.1, 0.15) is 5.82 Å². The van der Waals surface area contributed by atoms with Crippen molar-refractivity contribution in [3.05, 3.63) is 23.8 Å². The first-order valence-electron chi connectivity index (χ1n) is 6.38. The minimum Gasteiger partial charge on any atom is -0.494 e. The van der Waals surface area contributed by atoms with Crippen molar-refractivity contribution in [1.82, 2.24) is 9.55 Å². The number of alkyl halides is 1. The third-order valence-corrected chi connectivity index (χ3v) is 4.21. The molecule has 3 nitrogen and oxygen atoms in total. The molecule has 1 heterocycles. The van der Waals surface area contributed by atoms with E-state index in [1.165, 1.54) is 13.2 Å². The van der Waals surface area contributed by atoms with Gasteiger partial charge in [-0.1, -0.05) is 0 Å². The van der Waals surface area contributed by atoms with Crippen LogP contribution in [0.15, 0.2) is 12.1 Å². The lowest BCUT2D eigenvalue weighted by molar-refractivity contribution is 0.387. The van der Waals surface area contributed by atoms with Gasteiger partial charge in [-0.05, 0) is 20.1 Å². The van der Waals surface area contributed by atoms with Gasteiger partial charge in [-0.3, -0.25) is 0 Å². The second kappa shape index (κ2) is 6.22. The predicted molar refractivity (Wildman–Crippen MR) is 83.6 cm³/mol. The minimum atomic E-state index is -0.407. The van der Waals surface area contributed by atoms with Crippen LogP contribution in [0.2, 0.25) is 0 Å². The minimum absolute atomic E-state index is 0.223. The Balaban J connectivity index is 2.69. The fourth-order valence-electron chi connectivity index (χ4n) is 2.33. The van der Waals surface area contributed by atoms with Crippen LogP contribution in [0, 0.1) is 5.82 Å². The van der Waals surface area contributed by atoms with E-state index < -0.39 is 5.82 Å². The van der Waals surface area contributed by atoms with Crippen LogP contribution in [0.1, 0.15) is 31.1 Å². The number of nitrogens with zero attached hydrogens (tertiary/aromatic N) is 2. The first-order valence-corrected chi connectivity index (χ1v) is 8.21. The summed E-state index contributed by atoms with van der Waals surface area (Å²) in [7, 11) is 1.46. The zero-order valence-electron chi connectivity index (χ0n) is 12.0. The van der Waals surface area contributed by atoms with Crippen LogP contribution in [0.25, 0.3) is 11.0 Å². The molecular formula is C14H18ClFN2OS. The van der Waals surface area contributed by atoms with Crippen molar-refractivity contribution in [2.45, 2.75) is 25.3 Å². The Hall–Kier alpha value is -0.940. The molecule has 0 N–H and O–H groups in total. The molecule has 1 aromatic carbocycles. The Bertz CT molecular complexity index is 615. The monoisotopic (exact) mass is 316 g/mol. The maximum absolute atomic E-state index is 13.8. The zero-order valence-corrected chi connectivity index (χ0v) is 13.6. The fourth-order valence-corrected chi connectivity index (χ4v) is 3.12. The Labute approximate surface area is 127 Å². The summed E-state index contributed by atoms with van der Waals surface area (Å²) in [4.78, 5) is 4.48. The highest BCUT2D eigenvalue weighted by Crippen LogP contribution is 2.32. The van der Waals surface area contributed by atoms with Crippen molar-refractivity contribution in [3.63, 3.8) is 0 Å². The molecule has 2 rings (SSSR count). The molecule has 0 bridgehead atoms. The quantitative estimate of drug-likeness (QED) is 0.765. The molecule has 1 aromatic heterocycles. The largest absolute Gasteiger partial charge is 0.494 e. The molecule has 2 atom stereocenters. The van der Waals surface area contributed by atoms with Crippen LogP contribution in [0.4, 0.5) is 4.39 Å². The van der Waals surface area contributed by atoms with Gasteiger partial charge in [-0.25, -0.2) is 9.37 Å². The van der Waals surface area contributed by atoms with E-state index in [4.69, 9.17) is 16.3 Å². The number of benzene rings is 1. The van der Waals surface area contributed by atoms with Gasteiger partial charge < -0.3 is 9.30 Å². The standard InChI is InChI=1S/C14H18ClFN2OS/c1-8(7-20-4)18-12-6-13(19-3)10(16)5-11(12)17-14(18)9(2)15/h5-6,8-9H,7H2,1-4H3. The van der Waals surface area contributed by atoms with E-state index in [0.717, 1.165) is 17.1 Å². The van der Waals surface area contributed by atoms with E-state index in [1.54, 1.807) is 17.8 Å². The molecule has 2 aromatic rings. The van der Waals surface area contributed by atoms with Crippen LogP contribution in [0.3, 0.4) is 0 Å². The number of fused-ring (bicyclic) bond motifs is 1. The lowest BCUT2D eigenvalue weighted by Gasteiger charge is -2.18. The summed E-state index contributed by atoms with van der Waals surface area (Å²) in [5, 5.41) is -0.235. The molecule has 0 amide bonds. The molecule has 0 aliphatic carbocycles. The molecule has 0 saturated heterocycles. The summed E-state index contributed by atoms with van der Waals surface area (Å²) in [6, 6.07) is 3.32. The molecule has 20 heavy (non-hydrogen) atoms. The molecule has 6 heteroatoms. The Kier molecular flexibility index (Phi) is 4.81. The highest BCUT2D eigenvalue weighted by molar-refractivity contribution is 7.98. The van der Waals surface area contributed by atoms with Crippen molar-refractivity contribution in [3.8, 4) is 5.75 Å². The summed E-state index contributed by atoms with van der Waals surface area (Å²) in [5.74, 6) is 1.51. The molecular weight excluding hydrogens is 299 g/mol. The van der Waals surface area contributed by atoms with E-state index >= 15 is 0 Å². The smallest absolute Gasteiger partial charge is 0.167 e. The number of hydrogen-bond acceptors (Lipinski definition) is 3. The summed E-state index contributed by atoms with van der Waals surface area (Å²) in [6.07, 6.45) is 2.06. The van der Waals surface area contributed by atoms with E-state index in [9.17, 15) is 4.39 Å². The molecule has 0 spiro atoms. The Morgan fingerprint density at radius 2 is 2.15 bits per heavy atom. The van der Waals surface area contributed by atoms with Gasteiger partial charge >= 0.3 is 0 Å². The molecule has 2 unspecified atom stereocenters. The van der Waals surface area contributed by atoms with Crippen molar-refractivity contribution in [1.29, 1.82) is 0 Å². The van der Waals surface area contributed by atoms with Gasteiger partial charge in [-0.15, -0.1) is 11.6 Å². The number of ether oxygens (including phenoxy) is 1. The number of hydrogen-bond donors (Lipinski definition) is 0. The van der Waals surface area contributed by atoms with Gasteiger partial charge in [0.2, 0.25) is 0 Å². The highest BCUT2D eigenvalue weighted by Gasteiger charge is 2.20. The average molecular weight is 317 g/mol. The zero-order chi connectivity index (χ0) is 14.9. The fraction of sp³-hybridized carbons (Fsp3) is 0.500. The molecule has 0 saturated carbocycles. The first kappa shape index (κ1) is 15.4. The number of imidazole rings is 1. The van der Waals surface area contributed by atoms with Gasteiger partial charge in [0.15, 0.2) is 11.6 Å². The SMILES string of the molecule is COc1cc2c(cc1F)nc(C(C)Cl)n2C(C)CSC. The average Bonchev–Trinajstić information content (AvgIpc) is 2.76. The lowest BCUT2D eigenvalue weighted by Crippen LogP contribution is -2.12. The van der Waals surface area contributed by atoms with E-state index in [-0.39, 0.29) is 17.2 Å². The van der Waals surface area contributed by atoms with Gasteiger partial charge in [-0.2, -0.15) is 11.8 Å². The second-order valence-electron chi connectivity index (χ2n) is 4.74. The summed E-state index contributed by atoms with van der Waals surface area (Å²) in [6.45, 7) is 3.98. The first-order chi connectivity index (χ1) is 9.49. The van der Waals surface area contributed by atoms with Crippen molar-refractivity contribution < 1.29 is 9.13 Å². The van der Waals surface area contributed by atoms with Gasteiger partial charge in [0.25, 0.3) is 0 Å². The maximum atomic E-state index is 13.8. The second-order valence-corrected chi connectivity index (χ2v) is 6.30. The number of thioether (sulfide) groups is 1. The van der Waals surface area contributed by atoms with Crippen LogP contribution in [-0.4, -0.2) is 28.7 Å². The summed E-state index contributed by atoms with van der Waals surface area (Å²) < 4.78 is 20.9. The molecule has 110 valence electrons. The number of aromatic nitrogens is 2. The Morgan fingerprint density at radius 3 is 2.70 bits per heavy atom. The number of halogens is 2. The normalized spacial score (nSPS) is 14.5. The van der Waals surface area contributed by atoms with Crippen molar-refractivity contribution in [2.75, 3.05) is 19.1 Å². The number of methoxy groups -OCH3 is 1. The van der Waals surface area contributed by atoms with Crippen molar-refractivity contribution >= 4 is 34.4 Å². The third kappa shape index (κ3) is 2.74. The van der Waals surface area contributed by atoms with Crippen LogP contribution >= 0.6 is 23.4 Å². The molecule has 0 fully saturated rings. The maximum Gasteiger partial charge on any atom is 0.167 e. The van der Waals surface area contributed by atoms with Crippen molar-refractivity contribution in [2.24, 2.45) is 0 Å². The molecule has 0 aliphatic rings. The Morgan fingerprint density at radius 1 is 1.45 bits per heavy atom. The third-order valence-electron chi connectivity index (χ3n) is 3.19. The lowest BCUT2D eigenvalue weighted by atomic mass is 10.2. The summed E-state index contributed by atoms with van der Waals surface area (Å²) >= 11 is 7.98. The summed E-state index contributed by atoms with van der Waals surface area (Å²) in [5.41, 5.74) is 1.46. The predicted octanol–water partition coefficient (Wildman–Crippen LogP) is 4.41. The van der Waals surface area contributed by atoms with E-state index in [0.29, 0.717) is 5.52 Å². The molecule has 0 aliphatic heterocycles. The van der Waals surface area contributed by atoms with Crippen LogP contribution in [-0.2, 0) is 0 Å².